The first-order valence-electron chi connectivity index (χ1n) is 7.22. The summed E-state index contributed by atoms with van der Waals surface area (Å²) in [6.45, 7) is 2.09. The van der Waals surface area contributed by atoms with Gasteiger partial charge in [0.25, 0.3) is 0 Å². The van der Waals surface area contributed by atoms with Gasteiger partial charge in [-0.15, -0.1) is 0 Å². The highest BCUT2D eigenvalue weighted by Gasteiger charge is 2.21. The van der Waals surface area contributed by atoms with E-state index >= 15 is 0 Å². The second-order valence-electron chi connectivity index (χ2n) is 4.97. The predicted molar refractivity (Wildman–Crippen MR) is 83.9 cm³/mol. The number of benzene rings is 1. The van der Waals surface area contributed by atoms with Crippen LogP contribution in [0.5, 0.6) is 0 Å². The number of hydrogen-bond acceptors (Lipinski definition) is 3. The molecule has 2 aromatic heterocycles. The van der Waals surface area contributed by atoms with Gasteiger partial charge in [0.05, 0.1) is 12.1 Å². The molecule has 0 bridgehead atoms. The van der Waals surface area contributed by atoms with Crippen LogP contribution in [0.2, 0.25) is 0 Å². The molecule has 1 aromatic carbocycles. The zero-order valence-corrected chi connectivity index (χ0v) is 12.3. The SMILES string of the molecule is CCOC(=O)c1cc(C(O)c2ccccc2)c2ccccn12. The molecule has 0 saturated heterocycles. The molecule has 4 nitrogen and oxygen atoms in total. The number of ether oxygens (including phenoxy) is 1. The van der Waals surface area contributed by atoms with Gasteiger partial charge >= 0.3 is 5.97 Å². The maximum Gasteiger partial charge on any atom is 0.355 e. The van der Waals surface area contributed by atoms with Gasteiger partial charge in [0.15, 0.2) is 0 Å². The highest BCUT2D eigenvalue weighted by molar-refractivity contribution is 5.90. The van der Waals surface area contributed by atoms with Crippen molar-refractivity contribution in [3.63, 3.8) is 0 Å². The second kappa shape index (κ2) is 6.03. The molecular weight excluding hydrogens is 278 g/mol. The summed E-state index contributed by atoms with van der Waals surface area (Å²) < 4.78 is 6.84. The standard InChI is InChI=1S/C18H17NO3/c1-2-22-18(21)16-12-14(15-10-6-7-11-19(15)16)17(20)13-8-4-3-5-9-13/h3-12,17,20H,2H2,1H3. The van der Waals surface area contributed by atoms with Crippen LogP contribution >= 0.6 is 0 Å². The third-order valence-electron chi connectivity index (χ3n) is 3.60. The third-order valence-corrected chi connectivity index (χ3v) is 3.60. The van der Waals surface area contributed by atoms with Gasteiger partial charge in [0.1, 0.15) is 11.8 Å². The Morgan fingerprint density at radius 1 is 1.18 bits per heavy atom. The molecule has 4 heteroatoms. The number of esters is 1. The van der Waals surface area contributed by atoms with Crippen LogP contribution in [0.3, 0.4) is 0 Å². The van der Waals surface area contributed by atoms with Crippen LogP contribution in [0.1, 0.15) is 34.6 Å². The number of rotatable bonds is 4. The van der Waals surface area contributed by atoms with Crippen LogP contribution in [0.4, 0.5) is 0 Å². The van der Waals surface area contributed by atoms with Crippen molar-refractivity contribution in [2.75, 3.05) is 6.61 Å². The summed E-state index contributed by atoms with van der Waals surface area (Å²) in [7, 11) is 0. The number of carbonyl (C=O) groups is 1. The van der Waals surface area contributed by atoms with Crippen LogP contribution in [0.15, 0.2) is 60.8 Å². The zero-order valence-electron chi connectivity index (χ0n) is 12.3. The number of aromatic nitrogens is 1. The lowest BCUT2D eigenvalue weighted by atomic mass is 10.0. The van der Waals surface area contributed by atoms with Crippen LogP contribution in [-0.4, -0.2) is 22.1 Å². The number of pyridine rings is 1. The van der Waals surface area contributed by atoms with E-state index in [1.807, 2.05) is 48.5 Å². The Labute approximate surface area is 128 Å². The molecule has 1 unspecified atom stereocenters. The third kappa shape index (κ3) is 2.49. The smallest absolute Gasteiger partial charge is 0.355 e. The number of hydrogen-bond donors (Lipinski definition) is 1. The molecular formula is C18H17NO3. The van der Waals surface area contributed by atoms with Gasteiger partial charge in [-0.2, -0.15) is 0 Å². The van der Waals surface area contributed by atoms with Crippen molar-refractivity contribution < 1.29 is 14.6 Å². The van der Waals surface area contributed by atoms with Crippen molar-refractivity contribution in [3.8, 4) is 0 Å². The van der Waals surface area contributed by atoms with E-state index in [1.165, 1.54) is 0 Å². The lowest BCUT2D eigenvalue weighted by Crippen LogP contribution is -2.07. The average molecular weight is 295 g/mol. The van der Waals surface area contributed by atoms with Gasteiger partial charge < -0.3 is 14.2 Å². The molecule has 1 atom stereocenters. The Kier molecular flexibility index (Phi) is 3.94. The first kappa shape index (κ1) is 14.4. The maximum absolute atomic E-state index is 12.1. The van der Waals surface area contributed by atoms with E-state index in [0.29, 0.717) is 17.9 Å². The summed E-state index contributed by atoms with van der Waals surface area (Å²) in [6.07, 6.45) is 1.00. The second-order valence-corrected chi connectivity index (χ2v) is 4.97. The summed E-state index contributed by atoms with van der Waals surface area (Å²) in [6, 6.07) is 16.7. The van der Waals surface area contributed by atoms with E-state index in [9.17, 15) is 9.90 Å². The molecule has 1 N–H and O–H groups in total. The zero-order chi connectivity index (χ0) is 15.5. The summed E-state index contributed by atoms with van der Waals surface area (Å²) in [5.41, 5.74) is 2.69. The Balaban J connectivity index is 2.12. The van der Waals surface area contributed by atoms with Gasteiger partial charge in [-0.05, 0) is 30.7 Å². The lowest BCUT2D eigenvalue weighted by molar-refractivity contribution is 0.0518. The molecule has 0 fully saturated rings. The Hall–Kier alpha value is -2.59. The van der Waals surface area contributed by atoms with Crippen molar-refractivity contribution in [3.05, 3.63) is 77.6 Å². The lowest BCUT2D eigenvalue weighted by Gasteiger charge is -2.10. The van der Waals surface area contributed by atoms with Crippen LogP contribution in [-0.2, 0) is 4.74 Å². The fourth-order valence-corrected chi connectivity index (χ4v) is 2.58. The molecule has 3 aromatic rings. The van der Waals surface area contributed by atoms with Gasteiger partial charge in [0.2, 0.25) is 0 Å². The van der Waals surface area contributed by atoms with Gasteiger partial charge in [-0.25, -0.2) is 4.79 Å². The predicted octanol–water partition coefficient (Wildman–Crippen LogP) is 3.20. The van der Waals surface area contributed by atoms with Crippen LogP contribution in [0.25, 0.3) is 5.52 Å². The number of nitrogens with zero attached hydrogens (tertiary/aromatic N) is 1. The number of fused-ring (bicyclic) bond motifs is 1. The molecule has 0 amide bonds. The Morgan fingerprint density at radius 3 is 2.64 bits per heavy atom. The molecule has 0 radical (unpaired) electrons. The summed E-state index contributed by atoms with van der Waals surface area (Å²) in [5.74, 6) is -0.393. The summed E-state index contributed by atoms with van der Waals surface area (Å²) in [4.78, 5) is 12.1. The van der Waals surface area contributed by atoms with E-state index in [-0.39, 0.29) is 0 Å². The average Bonchev–Trinajstić information content (AvgIpc) is 2.95. The summed E-state index contributed by atoms with van der Waals surface area (Å²) in [5, 5.41) is 10.6. The van der Waals surface area contributed by atoms with E-state index in [2.05, 4.69) is 0 Å². The van der Waals surface area contributed by atoms with Crippen molar-refractivity contribution in [1.82, 2.24) is 4.40 Å². The number of aliphatic hydroxyl groups is 1. The topological polar surface area (TPSA) is 50.9 Å². The minimum Gasteiger partial charge on any atom is -0.461 e. The minimum atomic E-state index is -0.790. The monoisotopic (exact) mass is 295 g/mol. The van der Waals surface area contributed by atoms with Gasteiger partial charge in [0, 0.05) is 11.8 Å². The summed E-state index contributed by atoms with van der Waals surface area (Å²) >= 11 is 0. The van der Waals surface area contributed by atoms with Gasteiger partial charge in [-0.1, -0.05) is 36.4 Å². The maximum atomic E-state index is 12.1. The Morgan fingerprint density at radius 2 is 1.91 bits per heavy atom. The number of carbonyl (C=O) groups excluding carboxylic acids is 1. The van der Waals surface area contributed by atoms with E-state index < -0.39 is 12.1 Å². The normalized spacial score (nSPS) is 12.3. The fraction of sp³-hybridized carbons (Fsp3) is 0.167. The highest BCUT2D eigenvalue weighted by atomic mass is 16.5. The Bertz CT molecular complexity index is 792. The highest BCUT2D eigenvalue weighted by Crippen LogP contribution is 2.28. The minimum absolute atomic E-state index is 0.315. The molecule has 2 heterocycles. The van der Waals surface area contributed by atoms with Gasteiger partial charge in [-0.3, -0.25) is 0 Å². The molecule has 0 spiro atoms. The molecule has 0 saturated carbocycles. The van der Waals surface area contributed by atoms with Crippen LogP contribution in [0, 0.1) is 0 Å². The molecule has 0 aliphatic carbocycles. The van der Waals surface area contributed by atoms with E-state index in [4.69, 9.17) is 4.74 Å². The fourth-order valence-electron chi connectivity index (χ4n) is 2.58. The molecule has 0 aliphatic rings. The van der Waals surface area contributed by atoms with Crippen molar-refractivity contribution in [1.29, 1.82) is 0 Å². The number of aliphatic hydroxyl groups excluding tert-OH is 1. The quantitative estimate of drug-likeness (QED) is 0.752. The molecule has 3 rings (SSSR count). The molecule has 22 heavy (non-hydrogen) atoms. The van der Waals surface area contributed by atoms with E-state index in [1.54, 1.807) is 23.6 Å². The van der Waals surface area contributed by atoms with Crippen molar-refractivity contribution >= 4 is 11.5 Å². The van der Waals surface area contributed by atoms with Crippen molar-refractivity contribution in [2.24, 2.45) is 0 Å². The van der Waals surface area contributed by atoms with E-state index in [0.717, 1.165) is 11.1 Å². The largest absolute Gasteiger partial charge is 0.461 e. The molecule has 112 valence electrons. The van der Waals surface area contributed by atoms with Crippen LogP contribution < -0.4 is 0 Å². The first-order valence-corrected chi connectivity index (χ1v) is 7.22. The molecule has 0 aliphatic heterocycles. The van der Waals surface area contributed by atoms with Crippen molar-refractivity contribution in [2.45, 2.75) is 13.0 Å². The first-order chi connectivity index (χ1) is 10.7.